The van der Waals surface area contributed by atoms with Crippen molar-refractivity contribution in [1.82, 2.24) is 25.6 Å². The monoisotopic (exact) mass is 369 g/mol. The van der Waals surface area contributed by atoms with Crippen LogP contribution in [0.4, 0.5) is 0 Å². The zero-order chi connectivity index (χ0) is 17.3. The van der Waals surface area contributed by atoms with Crippen molar-refractivity contribution < 1.29 is 4.79 Å². The SMILES string of the molecule is Cc1c(C(=O)NC2CCC(C)(C)CC2C)nnn1C1CCNCC1.Cl. The summed E-state index contributed by atoms with van der Waals surface area (Å²) in [5, 5.41) is 15.0. The predicted octanol–water partition coefficient (Wildman–Crippen LogP) is 2.88. The Kier molecular flexibility index (Phi) is 6.49. The van der Waals surface area contributed by atoms with Crippen LogP contribution in [0.3, 0.4) is 0 Å². The number of amides is 1. The molecule has 0 bridgehead atoms. The zero-order valence-corrected chi connectivity index (χ0v) is 16.7. The number of carbonyl (C=O) groups excluding carboxylic acids is 1. The third kappa shape index (κ3) is 4.53. The Morgan fingerprint density at radius 2 is 1.96 bits per heavy atom. The zero-order valence-electron chi connectivity index (χ0n) is 15.8. The molecule has 0 aromatic carbocycles. The fraction of sp³-hybridized carbons (Fsp3) is 0.833. The molecule has 25 heavy (non-hydrogen) atoms. The molecule has 1 aromatic heterocycles. The lowest BCUT2D eigenvalue weighted by Crippen LogP contribution is -2.44. The molecule has 1 aliphatic carbocycles. The summed E-state index contributed by atoms with van der Waals surface area (Å²) >= 11 is 0. The highest BCUT2D eigenvalue weighted by molar-refractivity contribution is 5.93. The van der Waals surface area contributed by atoms with Crippen LogP contribution in [-0.2, 0) is 0 Å². The van der Waals surface area contributed by atoms with E-state index in [-0.39, 0.29) is 24.4 Å². The minimum absolute atomic E-state index is 0. The van der Waals surface area contributed by atoms with E-state index in [2.05, 4.69) is 41.7 Å². The van der Waals surface area contributed by atoms with E-state index in [0.29, 0.717) is 23.1 Å². The minimum Gasteiger partial charge on any atom is -0.348 e. The van der Waals surface area contributed by atoms with Crippen molar-refractivity contribution in [1.29, 1.82) is 0 Å². The summed E-state index contributed by atoms with van der Waals surface area (Å²) in [6.45, 7) is 10.8. The highest BCUT2D eigenvalue weighted by atomic mass is 35.5. The van der Waals surface area contributed by atoms with E-state index >= 15 is 0 Å². The highest BCUT2D eigenvalue weighted by Crippen LogP contribution is 2.38. The molecule has 2 fully saturated rings. The molecule has 1 aliphatic heterocycles. The molecular formula is C18H32ClN5O. The first kappa shape index (κ1) is 20.2. The fourth-order valence-corrected chi connectivity index (χ4v) is 4.35. The van der Waals surface area contributed by atoms with Gasteiger partial charge in [-0.05, 0) is 63.5 Å². The van der Waals surface area contributed by atoms with Gasteiger partial charge in [0, 0.05) is 6.04 Å². The van der Waals surface area contributed by atoms with Gasteiger partial charge in [-0.2, -0.15) is 0 Å². The summed E-state index contributed by atoms with van der Waals surface area (Å²) in [6, 6.07) is 0.601. The Labute approximate surface area is 156 Å². The largest absolute Gasteiger partial charge is 0.348 e. The van der Waals surface area contributed by atoms with Crippen molar-refractivity contribution in [2.75, 3.05) is 13.1 Å². The molecule has 2 atom stereocenters. The van der Waals surface area contributed by atoms with E-state index in [0.717, 1.165) is 50.9 Å². The second-order valence-electron chi connectivity index (χ2n) is 8.41. The van der Waals surface area contributed by atoms with E-state index in [1.807, 2.05) is 11.6 Å². The average Bonchev–Trinajstić information content (AvgIpc) is 2.92. The summed E-state index contributed by atoms with van der Waals surface area (Å²) in [7, 11) is 0. The number of carbonyl (C=O) groups is 1. The lowest BCUT2D eigenvalue weighted by atomic mass is 9.70. The van der Waals surface area contributed by atoms with Crippen molar-refractivity contribution in [3.05, 3.63) is 11.4 Å². The number of piperidine rings is 1. The van der Waals surface area contributed by atoms with Gasteiger partial charge < -0.3 is 10.6 Å². The van der Waals surface area contributed by atoms with Crippen LogP contribution < -0.4 is 10.6 Å². The van der Waals surface area contributed by atoms with Crippen LogP contribution in [0.5, 0.6) is 0 Å². The number of rotatable bonds is 3. The van der Waals surface area contributed by atoms with E-state index in [1.54, 1.807) is 0 Å². The summed E-state index contributed by atoms with van der Waals surface area (Å²) in [6.07, 6.45) is 5.43. The molecule has 2 heterocycles. The summed E-state index contributed by atoms with van der Waals surface area (Å²) < 4.78 is 1.95. The van der Waals surface area contributed by atoms with Gasteiger partial charge in [0.2, 0.25) is 0 Å². The van der Waals surface area contributed by atoms with Gasteiger partial charge >= 0.3 is 0 Å². The Morgan fingerprint density at radius 1 is 1.28 bits per heavy atom. The standard InChI is InChI=1S/C18H31N5O.ClH/c1-12-11-18(3,4)8-5-15(12)20-17(24)16-13(2)23(22-21-16)14-6-9-19-10-7-14;/h12,14-15,19H,5-11H2,1-4H3,(H,20,24);1H. The molecule has 0 radical (unpaired) electrons. The molecule has 2 unspecified atom stereocenters. The fourth-order valence-electron chi connectivity index (χ4n) is 4.35. The van der Waals surface area contributed by atoms with E-state index < -0.39 is 0 Å². The first-order chi connectivity index (χ1) is 11.4. The Morgan fingerprint density at radius 3 is 2.60 bits per heavy atom. The molecule has 6 nitrogen and oxygen atoms in total. The summed E-state index contributed by atoms with van der Waals surface area (Å²) in [5.41, 5.74) is 1.77. The number of aromatic nitrogens is 3. The number of halogens is 1. The third-order valence-corrected chi connectivity index (χ3v) is 5.81. The molecule has 1 saturated heterocycles. The van der Waals surface area contributed by atoms with Crippen molar-refractivity contribution >= 4 is 18.3 Å². The molecule has 3 rings (SSSR count). The Balaban J connectivity index is 0.00000225. The second kappa shape index (κ2) is 8.04. The molecule has 2 N–H and O–H groups in total. The summed E-state index contributed by atoms with van der Waals surface area (Å²) in [4.78, 5) is 12.7. The van der Waals surface area contributed by atoms with Gasteiger partial charge in [-0.3, -0.25) is 4.79 Å². The van der Waals surface area contributed by atoms with Gasteiger partial charge in [0.1, 0.15) is 0 Å². The van der Waals surface area contributed by atoms with Crippen LogP contribution in [0.2, 0.25) is 0 Å². The molecule has 7 heteroatoms. The first-order valence-corrected chi connectivity index (χ1v) is 9.31. The summed E-state index contributed by atoms with van der Waals surface area (Å²) in [5.74, 6) is 0.432. The van der Waals surface area contributed by atoms with Crippen LogP contribution in [0.25, 0.3) is 0 Å². The maximum atomic E-state index is 12.7. The number of nitrogens with one attached hydrogen (secondary N) is 2. The smallest absolute Gasteiger partial charge is 0.273 e. The second-order valence-corrected chi connectivity index (χ2v) is 8.41. The lowest BCUT2D eigenvalue weighted by molar-refractivity contribution is 0.0855. The van der Waals surface area contributed by atoms with Gasteiger partial charge in [-0.1, -0.05) is 26.0 Å². The van der Waals surface area contributed by atoms with Gasteiger partial charge in [-0.25, -0.2) is 4.68 Å². The van der Waals surface area contributed by atoms with Crippen molar-refractivity contribution in [3.8, 4) is 0 Å². The highest BCUT2D eigenvalue weighted by Gasteiger charge is 2.34. The third-order valence-electron chi connectivity index (χ3n) is 5.81. The van der Waals surface area contributed by atoms with Gasteiger partial charge in [-0.15, -0.1) is 17.5 Å². The molecule has 142 valence electrons. The van der Waals surface area contributed by atoms with E-state index in [4.69, 9.17) is 0 Å². The van der Waals surface area contributed by atoms with Crippen LogP contribution >= 0.6 is 12.4 Å². The first-order valence-electron chi connectivity index (χ1n) is 9.31. The molecule has 0 spiro atoms. The van der Waals surface area contributed by atoms with Gasteiger partial charge in [0.05, 0.1) is 11.7 Å². The number of hydrogen-bond donors (Lipinski definition) is 2. The molecular weight excluding hydrogens is 338 g/mol. The normalized spacial score (nSPS) is 26.7. The van der Waals surface area contributed by atoms with Gasteiger partial charge in [0.15, 0.2) is 5.69 Å². The van der Waals surface area contributed by atoms with E-state index in [9.17, 15) is 4.79 Å². The molecule has 2 aliphatic rings. The van der Waals surface area contributed by atoms with E-state index in [1.165, 1.54) is 0 Å². The van der Waals surface area contributed by atoms with Crippen molar-refractivity contribution in [2.24, 2.45) is 11.3 Å². The minimum atomic E-state index is -0.0655. The predicted molar refractivity (Wildman–Crippen MR) is 101 cm³/mol. The molecule has 1 aromatic rings. The van der Waals surface area contributed by atoms with Gasteiger partial charge in [0.25, 0.3) is 5.91 Å². The van der Waals surface area contributed by atoms with Crippen molar-refractivity contribution in [2.45, 2.75) is 71.9 Å². The molecule has 1 saturated carbocycles. The van der Waals surface area contributed by atoms with Crippen LogP contribution in [0.1, 0.15) is 75.1 Å². The topological polar surface area (TPSA) is 71.8 Å². The lowest BCUT2D eigenvalue weighted by Gasteiger charge is -2.39. The maximum absolute atomic E-state index is 12.7. The van der Waals surface area contributed by atoms with Crippen LogP contribution in [0.15, 0.2) is 0 Å². The van der Waals surface area contributed by atoms with Crippen LogP contribution in [-0.4, -0.2) is 40.0 Å². The quantitative estimate of drug-likeness (QED) is 0.859. The molecule has 1 amide bonds. The van der Waals surface area contributed by atoms with Crippen molar-refractivity contribution in [3.63, 3.8) is 0 Å². The van der Waals surface area contributed by atoms with Crippen LogP contribution in [0, 0.1) is 18.3 Å². The Bertz CT molecular complexity index is 594. The number of nitrogens with zero attached hydrogens (tertiary/aromatic N) is 3. The maximum Gasteiger partial charge on any atom is 0.273 e. The number of hydrogen-bond acceptors (Lipinski definition) is 4. The average molecular weight is 370 g/mol. The Hall–Kier alpha value is -1.14.